The van der Waals surface area contributed by atoms with Crippen LogP contribution in [0.2, 0.25) is 18.1 Å². The summed E-state index contributed by atoms with van der Waals surface area (Å²) in [6.45, 7) is 12.2. The number of hydrogen-bond acceptors (Lipinski definition) is 2. The van der Waals surface area contributed by atoms with Gasteiger partial charge in [-0.3, -0.25) is 0 Å². The first-order valence-corrected chi connectivity index (χ1v) is 10.6. The van der Waals surface area contributed by atoms with Crippen molar-refractivity contribution < 1.29 is 9.16 Å². The fourth-order valence-corrected chi connectivity index (χ4v) is 4.54. The summed E-state index contributed by atoms with van der Waals surface area (Å²) in [6, 6.07) is 0. The summed E-state index contributed by atoms with van der Waals surface area (Å²) in [5.41, 5.74) is 0. The molecule has 1 saturated heterocycles. The van der Waals surface area contributed by atoms with E-state index in [1.807, 2.05) is 0 Å². The highest BCUT2D eigenvalue weighted by molar-refractivity contribution is 6.74. The van der Waals surface area contributed by atoms with Crippen LogP contribution in [-0.2, 0) is 9.16 Å². The number of rotatable bonds is 2. The first kappa shape index (κ1) is 15.7. The summed E-state index contributed by atoms with van der Waals surface area (Å²) < 4.78 is 12.4. The van der Waals surface area contributed by atoms with Crippen LogP contribution in [0, 0.1) is 11.8 Å². The minimum absolute atomic E-state index is 0.254. The maximum Gasteiger partial charge on any atom is 0.192 e. The topological polar surface area (TPSA) is 18.5 Å². The van der Waals surface area contributed by atoms with Gasteiger partial charge < -0.3 is 9.16 Å². The number of halogens is 2. The Bertz CT molecular complexity index is 383. The third-order valence-electron chi connectivity index (χ3n) is 4.89. The van der Waals surface area contributed by atoms with Crippen LogP contribution >= 0.6 is 23.2 Å². The second-order valence-electron chi connectivity index (χ2n) is 7.27. The van der Waals surface area contributed by atoms with Crippen molar-refractivity contribution in [3.05, 3.63) is 10.3 Å². The molecule has 3 atom stereocenters. The lowest BCUT2D eigenvalue weighted by atomic mass is 9.99. The molecule has 19 heavy (non-hydrogen) atoms. The molecule has 0 aromatic heterocycles. The monoisotopic (exact) mass is 322 g/mol. The molecule has 2 aliphatic rings. The second kappa shape index (κ2) is 5.25. The molecule has 2 fully saturated rings. The molecule has 0 unspecified atom stereocenters. The van der Waals surface area contributed by atoms with Crippen LogP contribution in [0.15, 0.2) is 10.3 Å². The van der Waals surface area contributed by atoms with Gasteiger partial charge in [0.2, 0.25) is 0 Å². The number of allylic oxidation sites excluding steroid dienone is 1. The van der Waals surface area contributed by atoms with Gasteiger partial charge >= 0.3 is 0 Å². The molecule has 0 bridgehead atoms. The number of fused-ring (bicyclic) bond motifs is 1. The van der Waals surface area contributed by atoms with Crippen molar-refractivity contribution in [1.29, 1.82) is 0 Å². The summed E-state index contributed by atoms with van der Waals surface area (Å²) in [4.78, 5) is 0. The molecule has 0 radical (unpaired) electrons. The summed E-state index contributed by atoms with van der Waals surface area (Å²) in [6.07, 6.45) is 2.40. The van der Waals surface area contributed by atoms with E-state index in [1.54, 1.807) is 0 Å². The molecule has 110 valence electrons. The van der Waals surface area contributed by atoms with Crippen LogP contribution in [0.4, 0.5) is 0 Å². The van der Waals surface area contributed by atoms with Gasteiger partial charge in [0.15, 0.2) is 8.32 Å². The van der Waals surface area contributed by atoms with Crippen molar-refractivity contribution in [2.45, 2.75) is 57.8 Å². The highest BCUT2D eigenvalue weighted by atomic mass is 35.5. The normalized spacial score (nSPS) is 31.3. The first-order valence-electron chi connectivity index (χ1n) is 6.97. The minimum atomic E-state index is -1.69. The Balaban J connectivity index is 2.03. The average Bonchev–Trinajstić information content (AvgIpc) is 2.72. The smallest absolute Gasteiger partial charge is 0.192 e. The zero-order valence-electron chi connectivity index (χ0n) is 12.4. The van der Waals surface area contributed by atoms with Gasteiger partial charge in [-0.15, -0.1) is 0 Å². The lowest BCUT2D eigenvalue weighted by molar-refractivity contribution is 0.156. The Morgan fingerprint density at radius 1 is 1.26 bits per heavy atom. The van der Waals surface area contributed by atoms with Gasteiger partial charge in [-0.1, -0.05) is 44.0 Å². The maximum atomic E-state index is 6.50. The molecule has 0 aromatic rings. The maximum absolute atomic E-state index is 6.50. The lowest BCUT2D eigenvalue weighted by Gasteiger charge is -2.38. The lowest BCUT2D eigenvalue weighted by Crippen LogP contribution is -2.43. The Hall–Kier alpha value is 0.297. The molecule has 1 aliphatic heterocycles. The van der Waals surface area contributed by atoms with E-state index in [2.05, 4.69) is 33.9 Å². The van der Waals surface area contributed by atoms with Crippen LogP contribution in [0.25, 0.3) is 0 Å². The van der Waals surface area contributed by atoms with Gasteiger partial charge in [-0.05, 0) is 31.0 Å². The van der Waals surface area contributed by atoms with Gasteiger partial charge in [-0.25, -0.2) is 0 Å². The summed E-state index contributed by atoms with van der Waals surface area (Å²) in [7, 11) is -1.69. The summed E-state index contributed by atoms with van der Waals surface area (Å²) >= 11 is 11.8. The number of ether oxygens (including phenoxy) is 1. The highest BCUT2D eigenvalue weighted by Gasteiger charge is 2.47. The first-order chi connectivity index (χ1) is 8.62. The molecular weight excluding hydrogens is 299 g/mol. The van der Waals surface area contributed by atoms with E-state index < -0.39 is 8.32 Å². The van der Waals surface area contributed by atoms with Gasteiger partial charge in [0.1, 0.15) is 10.3 Å². The molecule has 0 spiro atoms. The van der Waals surface area contributed by atoms with E-state index in [0.29, 0.717) is 22.4 Å². The third kappa shape index (κ3) is 3.15. The van der Waals surface area contributed by atoms with E-state index in [0.717, 1.165) is 25.2 Å². The molecule has 2 nitrogen and oxygen atoms in total. The highest BCUT2D eigenvalue weighted by Crippen LogP contribution is 2.48. The third-order valence-corrected chi connectivity index (χ3v) is 9.80. The van der Waals surface area contributed by atoms with E-state index >= 15 is 0 Å². The minimum Gasteiger partial charge on any atom is -0.495 e. The van der Waals surface area contributed by atoms with Crippen molar-refractivity contribution in [2.75, 3.05) is 6.61 Å². The molecule has 1 heterocycles. The van der Waals surface area contributed by atoms with Crippen LogP contribution < -0.4 is 0 Å². The van der Waals surface area contributed by atoms with E-state index in [9.17, 15) is 0 Å². The van der Waals surface area contributed by atoms with Crippen LogP contribution in [-0.4, -0.2) is 21.0 Å². The predicted octanol–water partition coefficient (Wildman–Crippen LogP) is 5.08. The molecular formula is C14H24Cl2O2Si. The quantitative estimate of drug-likeness (QED) is 0.660. The SMILES string of the molecule is CC(C)(C)[Si](C)(C)O[C@@H]1C[C@@H]2COC(=C(Cl)Cl)[C@@H]2C1. The van der Waals surface area contributed by atoms with E-state index in [-0.39, 0.29) is 5.04 Å². The van der Waals surface area contributed by atoms with Crippen molar-refractivity contribution >= 4 is 31.5 Å². The predicted molar refractivity (Wildman–Crippen MR) is 83.0 cm³/mol. The molecule has 1 saturated carbocycles. The van der Waals surface area contributed by atoms with Crippen molar-refractivity contribution in [1.82, 2.24) is 0 Å². The van der Waals surface area contributed by atoms with E-state index in [1.165, 1.54) is 0 Å². The Morgan fingerprint density at radius 2 is 1.89 bits per heavy atom. The van der Waals surface area contributed by atoms with Crippen LogP contribution in [0.5, 0.6) is 0 Å². The molecule has 2 rings (SSSR count). The van der Waals surface area contributed by atoms with Gasteiger partial charge in [-0.2, -0.15) is 0 Å². The Labute approximate surface area is 127 Å². The Morgan fingerprint density at radius 3 is 2.42 bits per heavy atom. The summed E-state index contributed by atoms with van der Waals surface area (Å²) in [5, 5.41) is 0.254. The average molecular weight is 323 g/mol. The molecule has 0 aromatic carbocycles. The van der Waals surface area contributed by atoms with Gasteiger partial charge in [0.25, 0.3) is 0 Å². The van der Waals surface area contributed by atoms with Crippen molar-refractivity contribution in [3.63, 3.8) is 0 Å². The van der Waals surface area contributed by atoms with Crippen molar-refractivity contribution in [3.8, 4) is 0 Å². The number of hydrogen-bond donors (Lipinski definition) is 0. The van der Waals surface area contributed by atoms with E-state index in [4.69, 9.17) is 32.4 Å². The second-order valence-corrected chi connectivity index (χ2v) is 13.0. The molecule has 1 aliphatic carbocycles. The fourth-order valence-electron chi connectivity index (χ4n) is 2.77. The molecule has 0 amide bonds. The van der Waals surface area contributed by atoms with Gasteiger partial charge in [0, 0.05) is 17.9 Å². The summed E-state index contributed by atoms with van der Waals surface area (Å²) in [5.74, 6) is 1.67. The fraction of sp³-hybridized carbons (Fsp3) is 0.857. The Kier molecular flexibility index (Phi) is 4.33. The molecule has 5 heteroatoms. The zero-order valence-corrected chi connectivity index (χ0v) is 14.9. The zero-order chi connectivity index (χ0) is 14.4. The largest absolute Gasteiger partial charge is 0.495 e. The van der Waals surface area contributed by atoms with Crippen LogP contribution in [0.3, 0.4) is 0 Å². The van der Waals surface area contributed by atoms with Crippen molar-refractivity contribution in [2.24, 2.45) is 11.8 Å². The van der Waals surface area contributed by atoms with Crippen LogP contribution in [0.1, 0.15) is 33.6 Å². The van der Waals surface area contributed by atoms with Gasteiger partial charge in [0.05, 0.1) is 6.61 Å². The standard InChI is InChI=1S/C14H24Cl2O2Si/c1-14(2,3)19(4,5)18-10-6-9-8-17-12(13(15)16)11(9)7-10/h9-11H,6-8H2,1-5H3/t9-,10-,11-/m1/s1. The molecule has 0 N–H and O–H groups in total.